The number of para-hydroxylation sites is 1. The molecule has 1 aromatic heterocycles. The maximum Gasteiger partial charge on any atom is 0.234 e. The van der Waals surface area contributed by atoms with E-state index in [1.165, 1.54) is 4.70 Å². The summed E-state index contributed by atoms with van der Waals surface area (Å²) in [7, 11) is 0. The Balaban J connectivity index is 1.85. The summed E-state index contributed by atoms with van der Waals surface area (Å²) in [6.45, 7) is 4.86. The van der Waals surface area contributed by atoms with Crippen LogP contribution in [0.3, 0.4) is 0 Å². The molecule has 0 aliphatic heterocycles. The third-order valence-electron chi connectivity index (χ3n) is 2.35. The quantitative estimate of drug-likeness (QED) is 0.866. The van der Waals surface area contributed by atoms with Crippen LogP contribution in [0.25, 0.3) is 10.2 Å². The van der Waals surface area contributed by atoms with Gasteiger partial charge in [-0.15, -0.1) is 11.3 Å². The Morgan fingerprint density at radius 2 is 2.17 bits per heavy atom. The predicted octanol–water partition coefficient (Wildman–Crippen LogP) is 1.91. The molecule has 2 N–H and O–H groups in total. The van der Waals surface area contributed by atoms with Gasteiger partial charge in [-0.05, 0) is 26.0 Å². The van der Waals surface area contributed by atoms with E-state index in [0.717, 1.165) is 10.5 Å². The largest absolute Gasteiger partial charge is 0.353 e. The lowest BCUT2D eigenvalue weighted by Crippen LogP contribution is -2.37. The molecule has 1 amide bonds. The van der Waals surface area contributed by atoms with E-state index in [4.69, 9.17) is 0 Å². The normalized spacial score (nSPS) is 11.1. The Hall–Kier alpha value is -1.46. The zero-order valence-corrected chi connectivity index (χ0v) is 11.4. The number of hydrogen-bond acceptors (Lipinski definition) is 4. The maximum absolute atomic E-state index is 11.4. The van der Waals surface area contributed by atoms with Crippen LogP contribution in [-0.4, -0.2) is 23.5 Å². The predicted molar refractivity (Wildman–Crippen MR) is 74.6 cm³/mol. The summed E-state index contributed by atoms with van der Waals surface area (Å²) in [6, 6.07) is 8.23. The minimum Gasteiger partial charge on any atom is -0.353 e. The lowest BCUT2D eigenvalue weighted by molar-refractivity contribution is -0.120. The van der Waals surface area contributed by atoms with E-state index < -0.39 is 0 Å². The third kappa shape index (κ3) is 3.51. The number of aromatic nitrogens is 1. The molecule has 0 spiro atoms. The summed E-state index contributed by atoms with van der Waals surface area (Å²) in [6.07, 6.45) is 0. The van der Waals surface area contributed by atoms with Crippen molar-refractivity contribution in [3.63, 3.8) is 0 Å². The highest BCUT2D eigenvalue weighted by molar-refractivity contribution is 7.18. The van der Waals surface area contributed by atoms with Gasteiger partial charge in [-0.2, -0.15) is 0 Å². The van der Waals surface area contributed by atoms with Gasteiger partial charge in [0.1, 0.15) is 5.01 Å². The molecule has 0 fully saturated rings. The fourth-order valence-corrected chi connectivity index (χ4v) is 2.59. The Kier molecular flexibility index (Phi) is 4.28. The molecule has 0 saturated carbocycles. The third-order valence-corrected chi connectivity index (χ3v) is 3.39. The summed E-state index contributed by atoms with van der Waals surface area (Å²) in [5, 5.41) is 6.95. The van der Waals surface area contributed by atoms with Gasteiger partial charge in [-0.25, -0.2) is 4.98 Å². The second-order valence-corrected chi connectivity index (χ2v) is 5.52. The topological polar surface area (TPSA) is 54.0 Å². The molecule has 0 aliphatic rings. The fraction of sp³-hybridized carbons (Fsp3) is 0.385. The van der Waals surface area contributed by atoms with Crippen LogP contribution in [0.4, 0.5) is 0 Å². The summed E-state index contributed by atoms with van der Waals surface area (Å²) in [5.41, 5.74) is 1.02. The first-order valence-corrected chi connectivity index (χ1v) is 6.81. The van der Waals surface area contributed by atoms with Crippen molar-refractivity contribution in [2.75, 3.05) is 6.54 Å². The molecule has 18 heavy (non-hydrogen) atoms. The number of benzene rings is 1. The molecule has 96 valence electrons. The SMILES string of the molecule is CC(C)NC(=O)CNCc1nc2ccccc2s1. The molecule has 2 aromatic rings. The highest BCUT2D eigenvalue weighted by Crippen LogP contribution is 2.20. The number of rotatable bonds is 5. The van der Waals surface area contributed by atoms with E-state index in [1.54, 1.807) is 11.3 Å². The Bertz CT molecular complexity index is 503. The molecule has 0 saturated heterocycles. The first kappa shape index (κ1) is 13.0. The number of nitrogens with one attached hydrogen (secondary N) is 2. The minimum atomic E-state index is 0.0195. The van der Waals surface area contributed by atoms with E-state index in [1.807, 2.05) is 32.0 Å². The first-order valence-electron chi connectivity index (χ1n) is 5.99. The lowest BCUT2D eigenvalue weighted by atomic mass is 10.3. The Morgan fingerprint density at radius 1 is 1.39 bits per heavy atom. The number of hydrogen-bond donors (Lipinski definition) is 2. The molecule has 0 aliphatic carbocycles. The second-order valence-electron chi connectivity index (χ2n) is 4.40. The average Bonchev–Trinajstić information content (AvgIpc) is 2.70. The van der Waals surface area contributed by atoms with Gasteiger partial charge in [-0.3, -0.25) is 4.79 Å². The van der Waals surface area contributed by atoms with Gasteiger partial charge in [0.15, 0.2) is 0 Å². The Morgan fingerprint density at radius 3 is 2.89 bits per heavy atom. The molecule has 4 nitrogen and oxygen atoms in total. The molecular formula is C13H17N3OS. The van der Waals surface area contributed by atoms with Crippen molar-refractivity contribution in [3.8, 4) is 0 Å². The number of nitrogens with zero attached hydrogens (tertiary/aromatic N) is 1. The maximum atomic E-state index is 11.4. The zero-order chi connectivity index (χ0) is 13.0. The molecule has 0 atom stereocenters. The number of amides is 1. The standard InChI is InChI=1S/C13H17N3OS/c1-9(2)15-12(17)7-14-8-13-16-10-5-3-4-6-11(10)18-13/h3-6,9,14H,7-8H2,1-2H3,(H,15,17). The average molecular weight is 263 g/mol. The molecule has 1 aromatic carbocycles. The van der Waals surface area contributed by atoms with E-state index in [9.17, 15) is 4.79 Å². The number of carbonyl (C=O) groups is 1. The number of thiazole rings is 1. The second kappa shape index (κ2) is 5.93. The van der Waals surface area contributed by atoms with Crippen molar-refractivity contribution >= 4 is 27.5 Å². The van der Waals surface area contributed by atoms with Gasteiger partial charge >= 0.3 is 0 Å². The van der Waals surface area contributed by atoms with Crippen molar-refractivity contribution in [1.29, 1.82) is 0 Å². The van der Waals surface area contributed by atoms with Gasteiger partial charge in [0, 0.05) is 12.6 Å². The molecule has 5 heteroatoms. The van der Waals surface area contributed by atoms with Crippen LogP contribution in [0.5, 0.6) is 0 Å². The van der Waals surface area contributed by atoms with Gasteiger partial charge in [0.2, 0.25) is 5.91 Å². The smallest absolute Gasteiger partial charge is 0.234 e. The highest BCUT2D eigenvalue weighted by atomic mass is 32.1. The van der Waals surface area contributed by atoms with E-state index in [-0.39, 0.29) is 11.9 Å². The van der Waals surface area contributed by atoms with Crippen molar-refractivity contribution in [2.45, 2.75) is 26.4 Å². The van der Waals surface area contributed by atoms with Gasteiger partial charge in [0.05, 0.1) is 16.8 Å². The van der Waals surface area contributed by atoms with Crippen molar-refractivity contribution in [2.24, 2.45) is 0 Å². The van der Waals surface area contributed by atoms with Gasteiger partial charge in [0.25, 0.3) is 0 Å². The van der Waals surface area contributed by atoms with Crippen molar-refractivity contribution in [1.82, 2.24) is 15.6 Å². The number of carbonyl (C=O) groups excluding carboxylic acids is 1. The van der Waals surface area contributed by atoms with Gasteiger partial charge in [-0.1, -0.05) is 12.1 Å². The molecule has 0 bridgehead atoms. The summed E-state index contributed by atoms with van der Waals surface area (Å²) < 4.78 is 1.18. The van der Waals surface area contributed by atoms with Crippen LogP contribution in [0.2, 0.25) is 0 Å². The lowest BCUT2D eigenvalue weighted by Gasteiger charge is -2.08. The van der Waals surface area contributed by atoms with Crippen LogP contribution in [0.1, 0.15) is 18.9 Å². The monoisotopic (exact) mass is 263 g/mol. The van der Waals surface area contributed by atoms with E-state index >= 15 is 0 Å². The van der Waals surface area contributed by atoms with Crippen LogP contribution < -0.4 is 10.6 Å². The zero-order valence-electron chi connectivity index (χ0n) is 10.6. The molecule has 1 heterocycles. The van der Waals surface area contributed by atoms with Crippen LogP contribution in [-0.2, 0) is 11.3 Å². The summed E-state index contributed by atoms with van der Waals surface area (Å²) in [5.74, 6) is 0.0195. The molecule has 2 rings (SSSR count). The first-order chi connectivity index (χ1) is 8.65. The molecular weight excluding hydrogens is 246 g/mol. The summed E-state index contributed by atoms with van der Waals surface area (Å²) in [4.78, 5) is 15.9. The van der Waals surface area contributed by atoms with Crippen LogP contribution >= 0.6 is 11.3 Å². The van der Waals surface area contributed by atoms with Crippen LogP contribution in [0.15, 0.2) is 24.3 Å². The highest BCUT2D eigenvalue weighted by Gasteiger charge is 2.05. The molecule has 0 unspecified atom stereocenters. The minimum absolute atomic E-state index is 0.0195. The fourth-order valence-electron chi connectivity index (χ4n) is 1.65. The summed E-state index contributed by atoms with van der Waals surface area (Å²) >= 11 is 1.66. The van der Waals surface area contributed by atoms with Crippen molar-refractivity contribution in [3.05, 3.63) is 29.3 Å². The van der Waals surface area contributed by atoms with E-state index in [0.29, 0.717) is 13.1 Å². The van der Waals surface area contributed by atoms with E-state index in [2.05, 4.69) is 21.7 Å². The Labute approximate surface area is 110 Å². The number of fused-ring (bicyclic) bond motifs is 1. The van der Waals surface area contributed by atoms with Gasteiger partial charge < -0.3 is 10.6 Å². The van der Waals surface area contributed by atoms with Crippen molar-refractivity contribution < 1.29 is 4.79 Å². The molecule has 0 radical (unpaired) electrons. The van der Waals surface area contributed by atoms with Crippen LogP contribution in [0, 0.1) is 0 Å².